The molecule has 3 heterocycles. The van der Waals surface area contributed by atoms with Gasteiger partial charge in [0.2, 0.25) is 5.91 Å². The molecule has 10 heteroatoms. The van der Waals surface area contributed by atoms with Gasteiger partial charge in [-0.1, -0.05) is 23.9 Å². The normalized spacial score (nSPS) is 12.7. The Morgan fingerprint density at radius 2 is 2.06 bits per heavy atom. The summed E-state index contributed by atoms with van der Waals surface area (Å²) in [6, 6.07) is 10.1. The number of rotatable bonds is 7. The molecular weight excluding hydrogens is 460 g/mol. The van der Waals surface area contributed by atoms with E-state index in [2.05, 4.69) is 5.32 Å². The number of aryl methyl sites for hydroxylation is 2. The fourth-order valence-corrected chi connectivity index (χ4v) is 6.09. The first-order valence-corrected chi connectivity index (χ1v) is 12.2. The molecule has 3 aromatic heterocycles. The van der Waals surface area contributed by atoms with Crippen LogP contribution in [0.25, 0.3) is 10.2 Å². The van der Waals surface area contributed by atoms with Crippen molar-refractivity contribution in [3.05, 3.63) is 74.8 Å². The number of carbonyl (C=O) groups excluding carboxylic acids is 2. The molecule has 1 aromatic carbocycles. The van der Waals surface area contributed by atoms with Crippen LogP contribution in [-0.2, 0) is 24.2 Å². The average Bonchev–Trinajstić information content (AvgIpc) is 3.52. The highest BCUT2D eigenvalue weighted by Crippen LogP contribution is 2.35. The van der Waals surface area contributed by atoms with E-state index in [0.29, 0.717) is 26.8 Å². The number of anilines is 1. The largest absolute Gasteiger partial charge is 0.467 e. The molecule has 0 unspecified atom stereocenters. The molecular formula is C23H20N4O4S2. The van der Waals surface area contributed by atoms with Gasteiger partial charge in [-0.2, -0.15) is 0 Å². The fraction of sp³-hybridized carbons (Fsp3) is 0.217. The molecule has 5 rings (SSSR count). The van der Waals surface area contributed by atoms with Gasteiger partial charge in [0, 0.05) is 4.88 Å². The molecule has 0 saturated heterocycles. The number of thioether (sulfide) groups is 1. The second kappa shape index (κ2) is 8.87. The lowest BCUT2D eigenvalue weighted by Gasteiger charge is -2.12. The van der Waals surface area contributed by atoms with Gasteiger partial charge in [-0.15, -0.1) is 11.3 Å². The monoisotopic (exact) mass is 480 g/mol. The minimum Gasteiger partial charge on any atom is -0.467 e. The van der Waals surface area contributed by atoms with Crippen molar-refractivity contribution in [2.75, 3.05) is 11.1 Å². The highest BCUT2D eigenvalue weighted by Gasteiger charge is 2.24. The lowest BCUT2D eigenvalue weighted by molar-refractivity contribution is -0.113. The second-order valence-corrected chi connectivity index (χ2v) is 9.68. The average molecular weight is 481 g/mol. The Hall–Kier alpha value is -3.37. The maximum atomic E-state index is 13.5. The van der Waals surface area contributed by atoms with E-state index in [1.54, 1.807) is 58.6 Å². The first-order valence-electron chi connectivity index (χ1n) is 10.4. The van der Waals surface area contributed by atoms with Gasteiger partial charge in [0.15, 0.2) is 5.16 Å². The number of amides is 2. The summed E-state index contributed by atoms with van der Waals surface area (Å²) >= 11 is 2.73. The molecule has 0 atom stereocenters. The lowest BCUT2D eigenvalue weighted by Crippen LogP contribution is -2.25. The number of para-hydroxylation sites is 1. The number of hydrogen-bond donors (Lipinski definition) is 2. The summed E-state index contributed by atoms with van der Waals surface area (Å²) in [5, 5.41) is 3.85. The summed E-state index contributed by atoms with van der Waals surface area (Å²) in [7, 11) is 0. The van der Waals surface area contributed by atoms with Gasteiger partial charge >= 0.3 is 0 Å². The molecule has 0 radical (unpaired) electrons. The number of primary amides is 1. The minimum absolute atomic E-state index is 0.00822. The standard InChI is InChI=1S/C23H20N4O4S2/c24-20(29)14-6-1-2-8-16(14)25-18(28)12-32-23-26-21-19(15-7-3-9-17(15)33-21)22(30)27(23)11-13-5-4-10-31-13/h1-2,4-6,8,10H,3,7,9,11-12H2,(H2,24,29)(H,25,28). The van der Waals surface area contributed by atoms with Gasteiger partial charge in [0.05, 0.1) is 35.2 Å². The summed E-state index contributed by atoms with van der Waals surface area (Å²) in [6.07, 6.45) is 4.47. The third kappa shape index (κ3) is 4.19. The SMILES string of the molecule is NC(=O)c1ccccc1NC(=O)CSc1nc2sc3c(c2c(=O)n1Cc1ccco1)CCC3. The Balaban J connectivity index is 1.44. The summed E-state index contributed by atoms with van der Waals surface area (Å²) in [5.41, 5.74) is 6.97. The molecule has 1 aliphatic rings. The van der Waals surface area contributed by atoms with Crippen LogP contribution in [0.5, 0.6) is 0 Å². The fourth-order valence-electron chi connectivity index (χ4n) is 3.99. The summed E-state index contributed by atoms with van der Waals surface area (Å²) in [5.74, 6) is -0.314. The highest BCUT2D eigenvalue weighted by atomic mass is 32.2. The van der Waals surface area contributed by atoms with Crippen LogP contribution in [0.3, 0.4) is 0 Å². The second-order valence-electron chi connectivity index (χ2n) is 7.65. The molecule has 3 N–H and O–H groups in total. The van der Waals surface area contributed by atoms with Crippen LogP contribution in [0.15, 0.2) is 57.0 Å². The van der Waals surface area contributed by atoms with E-state index in [4.69, 9.17) is 15.1 Å². The van der Waals surface area contributed by atoms with E-state index in [1.807, 2.05) is 0 Å². The number of benzene rings is 1. The number of aromatic nitrogens is 2. The van der Waals surface area contributed by atoms with Crippen molar-refractivity contribution in [1.82, 2.24) is 9.55 Å². The van der Waals surface area contributed by atoms with E-state index < -0.39 is 5.91 Å². The molecule has 33 heavy (non-hydrogen) atoms. The minimum atomic E-state index is -0.622. The quantitative estimate of drug-likeness (QED) is 0.309. The Labute approximate surface area is 196 Å². The summed E-state index contributed by atoms with van der Waals surface area (Å²) in [6.45, 7) is 0.230. The number of nitrogens with two attached hydrogens (primary N) is 1. The van der Waals surface area contributed by atoms with Crippen LogP contribution >= 0.6 is 23.1 Å². The summed E-state index contributed by atoms with van der Waals surface area (Å²) in [4.78, 5) is 44.4. The van der Waals surface area contributed by atoms with Crippen molar-refractivity contribution < 1.29 is 14.0 Å². The van der Waals surface area contributed by atoms with Crippen LogP contribution in [0, 0.1) is 0 Å². The maximum Gasteiger partial charge on any atom is 0.263 e. The van der Waals surface area contributed by atoms with Crippen LogP contribution in [0.4, 0.5) is 5.69 Å². The maximum absolute atomic E-state index is 13.5. The van der Waals surface area contributed by atoms with Crippen molar-refractivity contribution in [1.29, 1.82) is 0 Å². The molecule has 8 nitrogen and oxygen atoms in total. The molecule has 2 amide bonds. The lowest BCUT2D eigenvalue weighted by atomic mass is 10.1. The third-order valence-electron chi connectivity index (χ3n) is 5.48. The number of nitrogens with zero attached hydrogens (tertiary/aromatic N) is 2. The van der Waals surface area contributed by atoms with Gasteiger partial charge in [0.25, 0.3) is 11.5 Å². The van der Waals surface area contributed by atoms with Crippen molar-refractivity contribution in [2.24, 2.45) is 5.73 Å². The van der Waals surface area contributed by atoms with Crippen LogP contribution in [0.1, 0.15) is 33.0 Å². The molecule has 168 valence electrons. The molecule has 1 aliphatic carbocycles. The zero-order valence-corrected chi connectivity index (χ0v) is 19.1. The van der Waals surface area contributed by atoms with Crippen molar-refractivity contribution >= 4 is 50.8 Å². The molecule has 0 saturated carbocycles. The van der Waals surface area contributed by atoms with Gasteiger partial charge in [-0.25, -0.2) is 4.98 Å². The molecule has 0 fully saturated rings. The zero-order valence-electron chi connectivity index (χ0n) is 17.5. The van der Waals surface area contributed by atoms with Crippen LogP contribution in [0.2, 0.25) is 0 Å². The molecule has 4 aromatic rings. The Morgan fingerprint density at radius 1 is 1.21 bits per heavy atom. The van der Waals surface area contributed by atoms with Gasteiger partial charge < -0.3 is 15.5 Å². The van der Waals surface area contributed by atoms with Crippen molar-refractivity contribution in [2.45, 2.75) is 31.0 Å². The molecule has 0 aliphatic heterocycles. The van der Waals surface area contributed by atoms with Crippen molar-refractivity contribution in [3.8, 4) is 0 Å². The van der Waals surface area contributed by atoms with Crippen molar-refractivity contribution in [3.63, 3.8) is 0 Å². The number of thiophene rings is 1. The smallest absolute Gasteiger partial charge is 0.263 e. The van der Waals surface area contributed by atoms with E-state index in [-0.39, 0.29) is 29.3 Å². The van der Waals surface area contributed by atoms with Crippen LogP contribution < -0.4 is 16.6 Å². The topological polar surface area (TPSA) is 120 Å². The first-order chi connectivity index (χ1) is 16.0. The van der Waals surface area contributed by atoms with E-state index in [1.165, 1.54) is 16.6 Å². The number of furan rings is 1. The first kappa shape index (κ1) is 21.5. The van der Waals surface area contributed by atoms with Gasteiger partial charge in [0.1, 0.15) is 10.6 Å². The number of hydrogen-bond acceptors (Lipinski definition) is 7. The number of carbonyl (C=O) groups is 2. The predicted octanol–water partition coefficient (Wildman–Crippen LogP) is 3.42. The summed E-state index contributed by atoms with van der Waals surface area (Å²) < 4.78 is 7.03. The van der Waals surface area contributed by atoms with E-state index in [0.717, 1.165) is 24.8 Å². The predicted molar refractivity (Wildman–Crippen MR) is 128 cm³/mol. The Bertz CT molecular complexity index is 1420. The Morgan fingerprint density at radius 3 is 2.85 bits per heavy atom. The van der Waals surface area contributed by atoms with E-state index in [9.17, 15) is 14.4 Å². The molecule has 0 spiro atoms. The number of fused-ring (bicyclic) bond motifs is 3. The van der Waals surface area contributed by atoms with Gasteiger partial charge in [-0.3, -0.25) is 19.0 Å². The highest BCUT2D eigenvalue weighted by molar-refractivity contribution is 7.99. The zero-order chi connectivity index (χ0) is 22.9. The third-order valence-corrected chi connectivity index (χ3v) is 7.64. The van der Waals surface area contributed by atoms with Gasteiger partial charge in [-0.05, 0) is 49.1 Å². The molecule has 0 bridgehead atoms. The number of nitrogens with one attached hydrogen (secondary N) is 1. The van der Waals surface area contributed by atoms with Crippen LogP contribution in [-0.4, -0.2) is 27.1 Å². The Kier molecular flexibility index (Phi) is 5.77. The van der Waals surface area contributed by atoms with E-state index >= 15 is 0 Å².